The van der Waals surface area contributed by atoms with Crippen molar-refractivity contribution in [2.45, 2.75) is 12.5 Å². The highest BCUT2D eigenvalue weighted by Crippen LogP contribution is 2.29. The third-order valence-corrected chi connectivity index (χ3v) is 2.15. The van der Waals surface area contributed by atoms with Crippen LogP contribution >= 0.6 is 23.2 Å². The highest BCUT2D eigenvalue weighted by Gasteiger charge is 2.17. The second-order valence-corrected chi connectivity index (χ2v) is 3.46. The van der Waals surface area contributed by atoms with Gasteiger partial charge in [0.25, 0.3) is 5.56 Å². The van der Waals surface area contributed by atoms with Crippen LogP contribution in [0.2, 0.25) is 5.02 Å². The molecule has 5 heteroatoms. The number of aliphatic carboxylic acids is 1. The standard InChI is InChI=1S/C9H8Cl2O3/c1-5-3-2-4-6(10)7(5)14-8(11)9(12)13/h2-4,8H,1H3,(H,12,13). The lowest BCUT2D eigenvalue weighted by Crippen LogP contribution is -2.20. The Morgan fingerprint density at radius 3 is 2.71 bits per heavy atom. The Balaban J connectivity index is 2.91. The number of hydrogen-bond acceptors (Lipinski definition) is 2. The molecule has 76 valence electrons. The lowest BCUT2D eigenvalue weighted by Gasteiger charge is -2.12. The molecular formula is C9H8Cl2O3. The molecule has 1 aromatic rings. The summed E-state index contributed by atoms with van der Waals surface area (Å²) in [6.07, 6.45) is 0. The topological polar surface area (TPSA) is 46.5 Å². The van der Waals surface area contributed by atoms with Gasteiger partial charge in [0.1, 0.15) is 5.75 Å². The highest BCUT2D eigenvalue weighted by atomic mass is 35.5. The van der Waals surface area contributed by atoms with Gasteiger partial charge in [0.15, 0.2) is 0 Å². The van der Waals surface area contributed by atoms with E-state index in [-0.39, 0.29) is 0 Å². The molecule has 0 saturated heterocycles. The minimum absolute atomic E-state index is 0.302. The van der Waals surface area contributed by atoms with Crippen molar-refractivity contribution in [3.63, 3.8) is 0 Å². The smallest absolute Gasteiger partial charge is 0.360 e. The molecule has 3 nitrogen and oxygen atoms in total. The first-order valence-electron chi connectivity index (χ1n) is 3.81. The van der Waals surface area contributed by atoms with Gasteiger partial charge in [-0.2, -0.15) is 0 Å². The summed E-state index contributed by atoms with van der Waals surface area (Å²) in [6.45, 7) is 1.76. The third-order valence-electron chi connectivity index (χ3n) is 1.58. The molecule has 0 spiro atoms. The molecule has 0 saturated carbocycles. The van der Waals surface area contributed by atoms with Crippen LogP contribution in [0.5, 0.6) is 5.75 Å². The van der Waals surface area contributed by atoms with Crippen molar-refractivity contribution < 1.29 is 14.6 Å². The van der Waals surface area contributed by atoms with Crippen molar-refractivity contribution in [1.29, 1.82) is 0 Å². The normalized spacial score (nSPS) is 12.2. The minimum Gasteiger partial charge on any atom is -0.478 e. The summed E-state index contributed by atoms with van der Waals surface area (Å²) in [4.78, 5) is 10.4. The molecule has 1 unspecified atom stereocenters. The number of benzene rings is 1. The van der Waals surface area contributed by atoms with Crippen molar-refractivity contribution in [3.8, 4) is 5.75 Å². The zero-order valence-corrected chi connectivity index (χ0v) is 8.84. The predicted octanol–water partition coefficient (Wildman–Crippen LogP) is 2.68. The molecule has 0 aliphatic carbocycles. The summed E-state index contributed by atoms with van der Waals surface area (Å²) in [5.74, 6) is -0.942. The Kier molecular flexibility index (Phi) is 3.61. The highest BCUT2D eigenvalue weighted by molar-refractivity contribution is 6.32. The summed E-state index contributed by atoms with van der Waals surface area (Å²) < 4.78 is 4.97. The van der Waals surface area contributed by atoms with Crippen LogP contribution in [-0.2, 0) is 4.79 Å². The van der Waals surface area contributed by atoms with Gasteiger partial charge in [-0.3, -0.25) is 0 Å². The van der Waals surface area contributed by atoms with Crippen LogP contribution in [0, 0.1) is 6.92 Å². The number of para-hydroxylation sites is 1. The fraction of sp³-hybridized carbons (Fsp3) is 0.222. The van der Waals surface area contributed by atoms with Crippen molar-refractivity contribution in [2.75, 3.05) is 0 Å². The summed E-state index contributed by atoms with van der Waals surface area (Å²) in [5, 5.41) is 8.87. The largest absolute Gasteiger partial charge is 0.478 e. The Hall–Kier alpha value is -0.930. The summed E-state index contributed by atoms with van der Waals surface area (Å²) in [7, 11) is 0. The minimum atomic E-state index is -1.42. The third kappa shape index (κ3) is 2.53. The van der Waals surface area contributed by atoms with Gasteiger partial charge in [0.05, 0.1) is 5.02 Å². The lowest BCUT2D eigenvalue weighted by molar-refractivity contribution is -0.141. The molecule has 1 aromatic carbocycles. The van der Waals surface area contributed by atoms with E-state index in [1.54, 1.807) is 25.1 Å². The molecule has 0 radical (unpaired) electrons. The second kappa shape index (κ2) is 4.53. The van der Waals surface area contributed by atoms with Crippen LogP contribution in [0.3, 0.4) is 0 Å². The Bertz CT molecular complexity index is 332. The maximum Gasteiger partial charge on any atom is 0.360 e. The van der Waals surface area contributed by atoms with Crippen LogP contribution in [0.4, 0.5) is 0 Å². The van der Waals surface area contributed by atoms with Crippen LogP contribution in [-0.4, -0.2) is 16.6 Å². The fourth-order valence-corrected chi connectivity index (χ4v) is 1.28. The molecule has 0 fully saturated rings. The van der Waals surface area contributed by atoms with E-state index in [1.807, 2.05) is 0 Å². The molecule has 14 heavy (non-hydrogen) atoms. The van der Waals surface area contributed by atoms with E-state index in [0.717, 1.165) is 5.56 Å². The van der Waals surface area contributed by atoms with E-state index in [2.05, 4.69) is 0 Å². The van der Waals surface area contributed by atoms with E-state index in [9.17, 15) is 4.79 Å². The average molecular weight is 235 g/mol. The molecule has 0 aliphatic heterocycles. The van der Waals surface area contributed by atoms with Gasteiger partial charge in [-0.15, -0.1) is 0 Å². The zero-order chi connectivity index (χ0) is 10.7. The molecule has 0 bridgehead atoms. The average Bonchev–Trinajstić information content (AvgIpc) is 2.11. The van der Waals surface area contributed by atoms with Crippen molar-refractivity contribution in [3.05, 3.63) is 28.8 Å². The van der Waals surface area contributed by atoms with Gasteiger partial charge in [-0.1, -0.05) is 35.3 Å². The Labute approximate surface area is 91.2 Å². The van der Waals surface area contributed by atoms with Crippen molar-refractivity contribution >= 4 is 29.2 Å². The van der Waals surface area contributed by atoms with Crippen LogP contribution in [0.25, 0.3) is 0 Å². The van der Waals surface area contributed by atoms with Gasteiger partial charge in [0.2, 0.25) is 0 Å². The fourth-order valence-electron chi connectivity index (χ4n) is 0.920. The first kappa shape index (κ1) is 11.1. The zero-order valence-electron chi connectivity index (χ0n) is 7.33. The van der Waals surface area contributed by atoms with Crippen molar-refractivity contribution in [2.24, 2.45) is 0 Å². The van der Waals surface area contributed by atoms with Crippen LogP contribution < -0.4 is 4.74 Å². The van der Waals surface area contributed by atoms with Gasteiger partial charge in [-0.25, -0.2) is 4.79 Å². The molecule has 1 N–H and O–H groups in total. The van der Waals surface area contributed by atoms with Gasteiger partial charge < -0.3 is 9.84 Å². The molecule has 0 amide bonds. The SMILES string of the molecule is Cc1cccc(Cl)c1OC(Cl)C(=O)O. The van der Waals surface area contributed by atoms with Crippen LogP contribution in [0.1, 0.15) is 5.56 Å². The van der Waals surface area contributed by atoms with Gasteiger partial charge in [0, 0.05) is 0 Å². The monoisotopic (exact) mass is 234 g/mol. The van der Waals surface area contributed by atoms with E-state index >= 15 is 0 Å². The molecule has 1 rings (SSSR count). The van der Waals surface area contributed by atoms with E-state index in [0.29, 0.717) is 10.8 Å². The Morgan fingerprint density at radius 2 is 2.21 bits per heavy atom. The maximum atomic E-state index is 10.4. The molecule has 0 heterocycles. The summed E-state index contributed by atoms with van der Waals surface area (Å²) in [5.41, 5.74) is -0.682. The number of halogens is 2. The number of hydrogen-bond donors (Lipinski definition) is 1. The van der Waals surface area contributed by atoms with E-state index < -0.39 is 11.5 Å². The summed E-state index contributed by atoms with van der Waals surface area (Å²) >= 11 is 11.2. The number of carboxylic acid groups (broad SMARTS) is 1. The second-order valence-electron chi connectivity index (χ2n) is 2.66. The first-order valence-corrected chi connectivity index (χ1v) is 4.62. The van der Waals surface area contributed by atoms with Gasteiger partial charge >= 0.3 is 5.97 Å². The summed E-state index contributed by atoms with van der Waals surface area (Å²) in [6, 6.07) is 5.11. The van der Waals surface area contributed by atoms with E-state index in [4.69, 9.17) is 33.0 Å². The molecule has 0 aliphatic rings. The number of carbonyl (C=O) groups is 1. The number of alkyl halides is 1. The van der Waals surface area contributed by atoms with E-state index in [1.165, 1.54) is 0 Å². The molecular weight excluding hydrogens is 227 g/mol. The Morgan fingerprint density at radius 1 is 1.57 bits per heavy atom. The van der Waals surface area contributed by atoms with Crippen LogP contribution in [0.15, 0.2) is 18.2 Å². The predicted molar refractivity (Wildman–Crippen MR) is 54.1 cm³/mol. The number of ether oxygens (including phenoxy) is 1. The number of carboxylic acids is 1. The van der Waals surface area contributed by atoms with Gasteiger partial charge in [-0.05, 0) is 18.6 Å². The van der Waals surface area contributed by atoms with Crippen molar-refractivity contribution in [1.82, 2.24) is 0 Å². The maximum absolute atomic E-state index is 10.4. The first-order chi connectivity index (χ1) is 6.52. The number of aryl methyl sites for hydroxylation is 1. The lowest BCUT2D eigenvalue weighted by atomic mass is 10.2. The molecule has 1 atom stereocenters. The quantitative estimate of drug-likeness (QED) is 0.819. The molecule has 0 aromatic heterocycles. The number of rotatable bonds is 3.